The lowest BCUT2D eigenvalue weighted by Gasteiger charge is -2.38. The molecule has 2 aliphatic heterocycles. The first-order valence-corrected chi connectivity index (χ1v) is 14.3. The molecular weight excluding hydrogens is 554 g/mol. The Kier molecular flexibility index (Phi) is 8.59. The van der Waals surface area contributed by atoms with Crippen LogP contribution in [-0.2, 0) is 11.2 Å². The lowest BCUT2D eigenvalue weighted by atomic mass is 9.87. The van der Waals surface area contributed by atoms with Gasteiger partial charge in [0.15, 0.2) is 0 Å². The first kappa shape index (κ1) is 27.6. The molecule has 0 spiro atoms. The Morgan fingerprint density at radius 2 is 1.92 bits per heavy atom. The van der Waals surface area contributed by atoms with Crippen LogP contribution in [-0.4, -0.2) is 30.0 Å². The number of hydrogen-bond acceptors (Lipinski definition) is 6. The monoisotopic (exact) mass is 587 g/mol. The van der Waals surface area contributed by atoms with Crippen LogP contribution in [0.25, 0.3) is 6.08 Å². The van der Waals surface area contributed by atoms with E-state index in [2.05, 4.69) is 55.9 Å². The van der Waals surface area contributed by atoms with E-state index in [1.807, 2.05) is 18.2 Å². The number of nitrogens with one attached hydrogen (secondary N) is 1. The van der Waals surface area contributed by atoms with Crippen LogP contribution >= 0.6 is 27.7 Å². The number of hydrogen-bond donors (Lipinski definition) is 1. The molecule has 0 aromatic heterocycles. The largest absolute Gasteiger partial charge is 0.493 e. The molecule has 0 radical (unpaired) electrons. The summed E-state index contributed by atoms with van der Waals surface area (Å²) in [4.78, 5) is 23.6. The zero-order valence-electron chi connectivity index (χ0n) is 22.1. The fraction of sp³-hybridized carbons (Fsp3) is 0.448. The fourth-order valence-corrected chi connectivity index (χ4v) is 5.85. The number of rotatable bonds is 9. The predicted octanol–water partition coefficient (Wildman–Crippen LogP) is 7.43. The molecule has 37 heavy (non-hydrogen) atoms. The number of halogens is 1. The zero-order chi connectivity index (χ0) is 26.7. The summed E-state index contributed by atoms with van der Waals surface area (Å²) in [6.07, 6.45) is 6.85. The summed E-state index contributed by atoms with van der Waals surface area (Å²) in [5.74, 6) is 2.28. The van der Waals surface area contributed by atoms with Crippen molar-refractivity contribution in [3.63, 3.8) is 0 Å². The van der Waals surface area contributed by atoms with Crippen LogP contribution < -0.4 is 19.5 Å². The molecule has 1 fully saturated rings. The van der Waals surface area contributed by atoms with Crippen molar-refractivity contribution in [1.82, 2.24) is 5.32 Å². The van der Waals surface area contributed by atoms with E-state index in [4.69, 9.17) is 14.2 Å². The third kappa shape index (κ3) is 6.17. The highest BCUT2D eigenvalue weighted by Crippen LogP contribution is 2.44. The predicted molar refractivity (Wildman–Crippen MR) is 152 cm³/mol. The quantitative estimate of drug-likeness (QED) is 0.243. The molecule has 1 saturated heterocycles. The summed E-state index contributed by atoms with van der Waals surface area (Å²) in [5, 5.41) is 1.91. The minimum absolute atomic E-state index is 0.353. The summed E-state index contributed by atoms with van der Waals surface area (Å²) < 4.78 is 19.8. The molecule has 1 unspecified atom stereocenters. The lowest BCUT2D eigenvalue weighted by molar-refractivity contribution is -0.115. The summed E-state index contributed by atoms with van der Waals surface area (Å²) >= 11 is 4.48. The van der Waals surface area contributed by atoms with Gasteiger partial charge in [-0.05, 0) is 115 Å². The molecule has 2 aromatic carbocycles. The Balaban J connectivity index is 1.45. The lowest BCUT2D eigenvalue weighted by Crippen LogP contribution is -2.42. The molecule has 2 amide bonds. The van der Waals surface area contributed by atoms with Crippen LogP contribution in [0.5, 0.6) is 17.2 Å². The third-order valence-corrected chi connectivity index (χ3v) is 8.42. The number of thioether (sulfide) groups is 1. The van der Waals surface area contributed by atoms with Gasteiger partial charge in [-0.1, -0.05) is 25.8 Å². The number of ether oxygens (including phenoxy) is 3. The number of carbonyl (C=O) groups is 2. The van der Waals surface area contributed by atoms with Gasteiger partial charge in [0.05, 0.1) is 16.0 Å². The topological polar surface area (TPSA) is 73.9 Å². The number of imide groups is 1. The smallest absolute Gasteiger partial charge is 0.290 e. The van der Waals surface area contributed by atoms with Crippen molar-refractivity contribution in [2.75, 3.05) is 13.2 Å². The van der Waals surface area contributed by atoms with Crippen molar-refractivity contribution >= 4 is 44.9 Å². The van der Waals surface area contributed by atoms with Crippen LogP contribution in [0.2, 0.25) is 0 Å². The van der Waals surface area contributed by atoms with Gasteiger partial charge >= 0.3 is 0 Å². The van der Waals surface area contributed by atoms with Gasteiger partial charge in [-0.3, -0.25) is 14.9 Å². The van der Waals surface area contributed by atoms with Crippen molar-refractivity contribution in [3.05, 3.63) is 55.4 Å². The SMILES string of the molecule is CCCCCOc1c(C)c(C)c2c(c1C)CCC(C)(COc1ccc(/C=C3/SC(=O)NC3=O)cc1Br)O2. The number of amides is 2. The van der Waals surface area contributed by atoms with E-state index in [0.717, 1.165) is 70.3 Å². The molecule has 1 N–H and O–H groups in total. The van der Waals surface area contributed by atoms with Gasteiger partial charge in [0.2, 0.25) is 0 Å². The Morgan fingerprint density at radius 1 is 1.14 bits per heavy atom. The third-order valence-electron chi connectivity index (χ3n) is 6.99. The summed E-state index contributed by atoms with van der Waals surface area (Å²) in [6, 6.07) is 5.59. The van der Waals surface area contributed by atoms with E-state index in [-0.39, 0.29) is 11.1 Å². The molecule has 0 saturated carbocycles. The standard InChI is InChI=1S/C29H34BrNO5S/c1-6-7-8-13-34-25-17(2)18(3)26-21(19(25)4)11-12-29(5,36-26)16-35-23-10-9-20(14-22(23)30)15-24-27(32)31-28(33)37-24/h9-10,14-15H,6-8,11-13,16H2,1-5H3,(H,31,32,33)/b24-15+. The molecule has 2 aliphatic rings. The highest BCUT2D eigenvalue weighted by atomic mass is 79.9. The van der Waals surface area contributed by atoms with Crippen molar-refractivity contribution < 1.29 is 23.8 Å². The molecule has 198 valence electrons. The number of carbonyl (C=O) groups excluding carboxylic acids is 2. The van der Waals surface area contributed by atoms with Gasteiger partial charge in [0.25, 0.3) is 11.1 Å². The minimum atomic E-state index is -0.473. The average molecular weight is 589 g/mol. The van der Waals surface area contributed by atoms with Crippen molar-refractivity contribution in [3.8, 4) is 17.2 Å². The van der Waals surface area contributed by atoms with E-state index in [0.29, 0.717) is 17.3 Å². The maximum atomic E-state index is 11.8. The van der Waals surface area contributed by atoms with Crippen molar-refractivity contribution in [1.29, 1.82) is 0 Å². The summed E-state index contributed by atoms with van der Waals surface area (Å²) in [7, 11) is 0. The van der Waals surface area contributed by atoms with Crippen LogP contribution in [0.1, 0.15) is 67.3 Å². The fourth-order valence-electron chi connectivity index (χ4n) is 4.65. The molecule has 2 heterocycles. The van der Waals surface area contributed by atoms with Crippen LogP contribution in [0.4, 0.5) is 4.79 Å². The van der Waals surface area contributed by atoms with Gasteiger partial charge in [0, 0.05) is 5.56 Å². The molecule has 4 rings (SSSR count). The molecule has 1 atom stereocenters. The Hall–Kier alpha value is -2.45. The highest BCUT2D eigenvalue weighted by molar-refractivity contribution is 9.10. The Labute approximate surface area is 231 Å². The van der Waals surface area contributed by atoms with E-state index < -0.39 is 5.60 Å². The molecule has 0 aliphatic carbocycles. The van der Waals surface area contributed by atoms with Crippen LogP contribution in [0, 0.1) is 20.8 Å². The second-order valence-corrected chi connectivity index (χ2v) is 11.8. The maximum absolute atomic E-state index is 11.8. The summed E-state index contributed by atoms with van der Waals surface area (Å²) in [5.41, 5.74) is 5.01. The maximum Gasteiger partial charge on any atom is 0.290 e. The Bertz CT molecular complexity index is 1260. The second-order valence-electron chi connectivity index (χ2n) is 9.95. The van der Waals surface area contributed by atoms with Crippen LogP contribution in [0.15, 0.2) is 27.6 Å². The van der Waals surface area contributed by atoms with Gasteiger partial charge < -0.3 is 14.2 Å². The van der Waals surface area contributed by atoms with Crippen LogP contribution in [0.3, 0.4) is 0 Å². The van der Waals surface area contributed by atoms with E-state index >= 15 is 0 Å². The van der Waals surface area contributed by atoms with Gasteiger partial charge in [0.1, 0.15) is 29.5 Å². The van der Waals surface area contributed by atoms with E-state index in [1.165, 1.54) is 24.0 Å². The van der Waals surface area contributed by atoms with Gasteiger partial charge in [-0.15, -0.1) is 0 Å². The van der Waals surface area contributed by atoms with E-state index in [9.17, 15) is 9.59 Å². The minimum Gasteiger partial charge on any atom is -0.493 e. The normalized spacial score (nSPS) is 20.0. The molecular formula is C29H34BrNO5S. The van der Waals surface area contributed by atoms with Gasteiger partial charge in [-0.25, -0.2) is 0 Å². The molecule has 2 aromatic rings. The molecule has 8 heteroatoms. The second kappa shape index (κ2) is 11.5. The number of unbranched alkanes of at least 4 members (excludes halogenated alkanes) is 2. The van der Waals surface area contributed by atoms with Gasteiger partial charge in [-0.2, -0.15) is 0 Å². The van der Waals surface area contributed by atoms with Crippen molar-refractivity contribution in [2.24, 2.45) is 0 Å². The summed E-state index contributed by atoms with van der Waals surface area (Å²) in [6.45, 7) is 11.8. The highest BCUT2D eigenvalue weighted by Gasteiger charge is 2.36. The van der Waals surface area contributed by atoms with E-state index in [1.54, 1.807) is 6.08 Å². The average Bonchev–Trinajstić information content (AvgIpc) is 3.17. The van der Waals surface area contributed by atoms with Crippen molar-refractivity contribution in [2.45, 2.75) is 72.3 Å². The first-order chi connectivity index (χ1) is 17.6. The zero-order valence-corrected chi connectivity index (χ0v) is 24.5. The first-order valence-electron chi connectivity index (χ1n) is 12.7. The molecule has 0 bridgehead atoms. The molecule has 6 nitrogen and oxygen atoms in total. The number of benzene rings is 2. The Morgan fingerprint density at radius 3 is 2.59 bits per heavy atom. The number of fused-ring (bicyclic) bond motifs is 1.